The zero-order valence-corrected chi connectivity index (χ0v) is 14.5. The number of benzene rings is 1. The number of nitrogens with one attached hydrogen (secondary N) is 2. The number of piperidine rings is 1. The summed E-state index contributed by atoms with van der Waals surface area (Å²) in [7, 11) is 0. The van der Waals surface area contributed by atoms with E-state index in [1.54, 1.807) is 4.90 Å². The van der Waals surface area contributed by atoms with Gasteiger partial charge in [0.05, 0.1) is 22.3 Å². The molecular weight excluding hydrogens is 353 g/mol. The topological polar surface area (TPSA) is 81.7 Å². The van der Waals surface area contributed by atoms with Gasteiger partial charge in [0.2, 0.25) is 11.8 Å². The fourth-order valence-corrected chi connectivity index (χ4v) is 2.83. The lowest BCUT2D eigenvalue weighted by Crippen LogP contribution is -2.47. The Labute approximate surface area is 150 Å². The van der Waals surface area contributed by atoms with E-state index in [1.807, 2.05) is 0 Å². The average molecular weight is 372 g/mol. The van der Waals surface area contributed by atoms with Crippen molar-refractivity contribution in [1.29, 1.82) is 0 Å². The summed E-state index contributed by atoms with van der Waals surface area (Å²) in [5.74, 6) is -0.362. The first kappa shape index (κ1) is 18.4. The van der Waals surface area contributed by atoms with Crippen molar-refractivity contribution in [2.75, 3.05) is 25.0 Å². The van der Waals surface area contributed by atoms with E-state index >= 15 is 0 Å². The first-order valence-corrected chi connectivity index (χ1v) is 8.29. The summed E-state index contributed by atoms with van der Waals surface area (Å²) in [6.45, 7) is 4.65. The molecule has 1 saturated heterocycles. The summed E-state index contributed by atoms with van der Waals surface area (Å²) < 4.78 is 0. The number of hydrogen-bond donors (Lipinski definition) is 3. The number of aromatic hydroxyl groups is 1. The van der Waals surface area contributed by atoms with Crippen molar-refractivity contribution in [3.05, 3.63) is 34.8 Å². The van der Waals surface area contributed by atoms with Crippen molar-refractivity contribution >= 4 is 40.7 Å². The van der Waals surface area contributed by atoms with E-state index in [-0.39, 0.29) is 40.2 Å². The van der Waals surface area contributed by atoms with Crippen LogP contribution in [0.1, 0.15) is 12.8 Å². The van der Waals surface area contributed by atoms with Crippen LogP contribution >= 0.6 is 23.2 Å². The maximum absolute atomic E-state index is 12.0. The number of amides is 2. The molecule has 0 atom stereocenters. The second kappa shape index (κ2) is 8.26. The van der Waals surface area contributed by atoms with Crippen LogP contribution < -0.4 is 10.6 Å². The summed E-state index contributed by atoms with van der Waals surface area (Å²) in [6.07, 6.45) is 2.69. The molecule has 3 N–H and O–H groups in total. The van der Waals surface area contributed by atoms with Gasteiger partial charge in [-0.05, 0) is 25.0 Å². The lowest BCUT2D eigenvalue weighted by Gasteiger charge is -2.31. The van der Waals surface area contributed by atoms with Gasteiger partial charge in [0.25, 0.3) is 0 Å². The highest BCUT2D eigenvalue weighted by Gasteiger charge is 2.22. The Morgan fingerprint density at radius 2 is 1.92 bits per heavy atom. The van der Waals surface area contributed by atoms with Crippen LogP contribution in [0.5, 0.6) is 5.75 Å². The summed E-state index contributed by atoms with van der Waals surface area (Å²) in [5.41, 5.74) is 0.339. The van der Waals surface area contributed by atoms with Gasteiger partial charge < -0.3 is 20.6 Å². The Hall–Kier alpha value is -1.92. The highest BCUT2D eigenvalue weighted by molar-refractivity contribution is 6.42. The molecule has 1 aliphatic rings. The van der Waals surface area contributed by atoms with Gasteiger partial charge >= 0.3 is 0 Å². The zero-order chi connectivity index (χ0) is 17.7. The third kappa shape index (κ3) is 4.79. The molecular formula is C16H19Cl2N3O3. The van der Waals surface area contributed by atoms with E-state index in [2.05, 4.69) is 17.2 Å². The number of carbonyl (C=O) groups excluding carboxylic acids is 2. The number of carbonyl (C=O) groups is 2. The van der Waals surface area contributed by atoms with Crippen LogP contribution in [0.25, 0.3) is 0 Å². The number of phenolic OH excluding ortho intramolecular Hbond substituents is 1. The van der Waals surface area contributed by atoms with Crippen LogP contribution in [0.2, 0.25) is 10.0 Å². The molecule has 8 heteroatoms. The second-order valence-electron chi connectivity index (χ2n) is 5.51. The van der Waals surface area contributed by atoms with Crippen LogP contribution in [0.3, 0.4) is 0 Å². The van der Waals surface area contributed by atoms with Crippen LogP contribution in [-0.2, 0) is 9.59 Å². The quantitative estimate of drug-likeness (QED) is 0.548. The maximum Gasteiger partial charge on any atom is 0.245 e. The van der Waals surface area contributed by atoms with E-state index in [0.717, 1.165) is 0 Å². The molecule has 1 fully saturated rings. The standard InChI is InChI=1S/C16H19Cl2N3O3/c1-2-16(24)21-5-3-10(4-6-21)20-15(23)9-19-13-7-11(17)12(18)8-14(13)22/h2,7-8,10,19,22H,1,3-6,9H2,(H,20,23). The van der Waals surface area contributed by atoms with E-state index in [1.165, 1.54) is 18.2 Å². The van der Waals surface area contributed by atoms with E-state index in [9.17, 15) is 14.7 Å². The number of halogens is 2. The lowest BCUT2D eigenvalue weighted by molar-refractivity contribution is -0.127. The van der Waals surface area contributed by atoms with E-state index in [0.29, 0.717) is 31.6 Å². The Balaban J connectivity index is 1.79. The first-order chi connectivity index (χ1) is 11.4. The SMILES string of the molecule is C=CC(=O)N1CCC(NC(=O)CNc2cc(Cl)c(Cl)cc2O)CC1. The van der Waals surface area contributed by atoms with Crippen molar-refractivity contribution in [1.82, 2.24) is 10.2 Å². The van der Waals surface area contributed by atoms with Gasteiger partial charge in [0, 0.05) is 25.2 Å². The smallest absolute Gasteiger partial charge is 0.245 e. The lowest BCUT2D eigenvalue weighted by atomic mass is 10.0. The molecule has 0 spiro atoms. The highest BCUT2D eigenvalue weighted by atomic mass is 35.5. The molecule has 0 bridgehead atoms. The van der Waals surface area contributed by atoms with Crippen molar-refractivity contribution < 1.29 is 14.7 Å². The summed E-state index contributed by atoms with van der Waals surface area (Å²) in [4.78, 5) is 25.2. The molecule has 0 aliphatic carbocycles. The monoisotopic (exact) mass is 371 g/mol. The van der Waals surface area contributed by atoms with Crippen LogP contribution in [-0.4, -0.2) is 47.5 Å². The van der Waals surface area contributed by atoms with Gasteiger partial charge in [0.1, 0.15) is 5.75 Å². The molecule has 1 aromatic carbocycles. The molecule has 0 radical (unpaired) electrons. The molecule has 1 heterocycles. The molecule has 1 aromatic rings. The molecule has 6 nitrogen and oxygen atoms in total. The molecule has 2 rings (SSSR count). The molecule has 0 unspecified atom stereocenters. The maximum atomic E-state index is 12.0. The normalized spacial score (nSPS) is 15.0. The van der Waals surface area contributed by atoms with Crippen molar-refractivity contribution in [2.45, 2.75) is 18.9 Å². The highest BCUT2D eigenvalue weighted by Crippen LogP contribution is 2.33. The zero-order valence-electron chi connectivity index (χ0n) is 13.0. The van der Waals surface area contributed by atoms with Gasteiger partial charge in [0.15, 0.2) is 0 Å². The summed E-state index contributed by atoms with van der Waals surface area (Å²) >= 11 is 11.7. The third-order valence-electron chi connectivity index (χ3n) is 3.82. The van der Waals surface area contributed by atoms with Crippen molar-refractivity contribution in [3.63, 3.8) is 0 Å². The number of likely N-dealkylation sites (tertiary alicyclic amines) is 1. The Morgan fingerprint density at radius 3 is 2.54 bits per heavy atom. The summed E-state index contributed by atoms with van der Waals surface area (Å²) in [5, 5.41) is 16.0. The van der Waals surface area contributed by atoms with Gasteiger partial charge in [-0.1, -0.05) is 29.8 Å². The molecule has 0 saturated carbocycles. The van der Waals surface area contributed by atoms with Crippen molar-refractivity contribution in [2.24, 2.45) is 0 Å². The molecule has 0 aromatic heterocycles. The molecule has 2 amide bonds. The third-order valence-corrected chi connectivity index (χ3v) is 4.55. The number of anilines is 1. The minimum atomic E-state index is -0.200. The van der Waals surface area contributed by atoms with Crippen LogP contribution in [0.15, 0.2) is 24.8 Å². The Morgan fingerprint density at radius 1 is 1.29 bits per heavy atom. The largest absolute Gasteiger partial charge is 0.506 e. The Bertz CT molecular complexity index is 644. The molecule has 24 heavy (non-hydrogen) atoms. The van der Waals surface area contributed by atoms with E-state index < -0.39 is 0 Å². The van der Waals surface area contributed by atoms with Crippen LogP contribution in [0.4, 0.5) is 5.69 Å². The van der Waals surface area contributed by atoms with Gasteiger partial charge in [-0.25, -0.2) is 0 Å². The molecule has 1 aliphatic heterocycles. The minimum absolute atomic E-state index is 0.00265. The number of nitrogens with zero attached hydrogens (tertiary/aromatic N) is 1. The minimum Gasteiger partial charge on any atom is -0.506 e. The predicted molar refractivity (Wildman–Crippen MR) is 94.6 cm³/mol. The second-order valence-corrected chi connectivity index (χ2v) is 6.32. The van der Waals surface area contributed by atoms with Gasteiger partial charge in [-0.3, -0.25) is 9.59 Å². The number of hydrogen-bond acceptors (Lipinski definition) is 4. The summed E-state index contributed by atoms with van der Waals surface area (Å²) in [6, 6.07) is 2.80. The number of phenols is 1. The predicted octanol–water partition coefficient (Wildman–Crippen LogP) is 2.40. The van der Waals surface area contributed by atoms with Crippen LogP contribution in [0, 0.1) is 0 Å². The van der Waals surface area contributed by atoms with Crippen molar-refractivity contribution in [3.8, 4) is 5.75 Å². The first-order valence-electron chi connectivity index (χ1n) is 7.53. The van der Waals surface area contributed by atoms with E-state index in [4.69, 9.17) is 23.2 Å². The molecule has 130 valence electrons. The number of rotatable bonds is 5. The Kier molecular flexibility index (Phi) is 6.34. The van der Waals surface area contributed by atoms with Gasteiger partial charge in [-0.15, -0.1) is 0 Å². The average Bonchev–Trinajstić information content (AvgIpc) is 2.57. The van der Waals surface area contributed by atoms with Gasteiger partial charge in [-0.2, -0.15) is 0 Å². The fraction of sp³-hybridized carbons (Fsp3) is 0.375. The fourth-order valence-electron chi connectivity index (χ4n) is 2.51.